The molecule has 0 atom stereocenters. The van der Waals surface area contributed by atoms with Crippen molar-refractivity contribution < 1.29 is 4.79 Å². The quantitative estimate of drug-likeness (QED) is 0.583. The van der Waals surface area contributed by atoms with Crippen LogP contribution in [0.4, 0.5) is 0 Å². The van der Waals surface area contributed by atoms with E-state index in [1.54, 1.807) is 6.08 Å². The van der Waals surface area contributed by atoms with Gasteiger partial charge in [-0.2, -0.15) is 5.26 Å². The summed E-state index contributed by atoms with van der Waals surface area (Å²) in [6.45, 7) is 1.98. The van der Waals surface area contributed by atoms with Crippen LogP contribution in [0.2, 0.25) is 0 Å². The molecule has 0 saturated carbocycles. The maximum Gasteiger partial charge on any atom is 0.261 e. The Morgan fingerprint density at radius 1 is 1.40 bits per heavy atom. The van der Waals surface area contributed by atoms with Gasteiger partial charge in [0.05, 0.1) is 0 Å². The van der Waals surface area contributed by atoms with Gasteiger partial charge in [-0.05, 0) is 18.6 Å². The van der Waals surface area contributed by atoms with Gasteiger partial charge in [-0.25, -0.2) is 0 Å². The fourth-order valence-electron chi connectivity index (χ4n) is 1.11. The van der Waals surface area contributed by atoms with E-state index in [0.717, 1.165) is 11.1 Å². The summed E-state index contributed by atoms with van der Waals surface area (Å²) in [7, 11) is 1.50. The largest absolute Gasteiger partial charge is 0.354 e. The van der Waals surface area contributed by atoms with Crippen LogP contribution in [0.3, 0.4) is 0 Å². The minimum absolute atomic E-state index is 0.112. The van der Waals surface area contributed by atoms with Crippen LogP contribution in [-0.4, -0.2) is 13.0 Å². The molecular formula is C12H12N2O. The van der Waals surface area contributed by atoms with Gasteiger partial charge in [-0.1, -0.05) is 29.8 Å². The molecule has 0 unspecified atom stereocenters. The molecule has 0 aromatic heterocycles. The summed E-state index contributed by atoms with van der Waals surface area (Å²) >= 11 is 0. The van der Waals surface area contributed by atoms with Crippen LogP contribution in [0, 0.1) is 18.3 Å². The maximum absolute atomic E-state index is 11.2. The third-order valence-corrected chi connectivity index (χ3v) is 1.98. The highest BCUT2D eigenvalue weighted by atomic mass is 16.1. The molecule has 3 heteroatoms. The van der Waals surface area contributed by atoms with Crippen molar-refractivity contribution in [3.8, 4) is 6.07 Å². The summed E-state index contributed by atoms with van der Waals surface area (Å²) in [4.78, 5) is 11.2. The first kappa shape index (κ1) is 11.0. The number of amides is 1. The Morgan fingerprint density at radius 2 is 2.00 bits per heavy atom. The molecule has 0 spiro atoms. The lowest BCUT2D eigenvalue weighted by molar-refractivity contribution is -0.116. The smallest absolute Gasteiger partial charge is 0.261 e. The number of carbonyl (C=O) groups excluding carboxylic acids is 1. The summed E-state index contributed by atoms with van der Waals surface area (Å²) < 4.78 is 0. The average Bonchev–Trinajstić information content (AvgIpc) is 2.27. The summed E-state index contributed by atoms with van der Waals surface area (Å²) in [5.74, 6) is -0.363. The van der Waals surface area contributed by atoms with Gasteiger partial charge in [0.25, 0.3) is 5.91 Å². The van der Waals surface area contributed by atoms with E-state index in [1.165, 1.54) is 7.05 Å². The van der Waals surface area contributed by atoms with E-state index in [1.807, 2.05) is 37.3 Å². The van der Waals surface area contributed by atoms with Gasteiger partial charge >= 0.3 is 0 Å². The SMILES string of the molecule is CNC(=O)/C(C#N)=C\c1ccc(C)cc1. The van der Waals surface area contributed by atoms with Crippen molar-refractivity contribution >= 4 is 12.0 Å². The van der Waals surface area contributed by atoms with Crippen molar-refractivity contribution in [2.45, 2.75) is 6.92 Å². The molecule has 1 rings (SSSR count). The van der Waals surface area contributed by atoms with Crippen molar-refractivity contribution in [3.63, 3.8) is 0 Å². The van der Waals surface area contributed by atoms with E-state index >= 15 is 0 Å². The summed E-state index contributed by atoms with van der Waals surface area (Å²) in [5, 5.41) is 11.2. The van der Waals surface area contributed by atoms with Crippen LogP contribution >= 0.6 is 0 Å². The van der Waals surface area contributed by atoms with Crippen molar-refractivity contribution in [2.24, 2.45) is 0 Å². The van der Waals surface area contributed by atoms with Crippen LogP contribution < -0.4 is 5.32 Å². The fourth-order valence-corrected chi connectivity index (χ4v) is 1.11. The summed E-state index contributed by atoms with van der Waals surface area (Å²) in [6, 6.07) is 9.48. The van der Waals surface area contributed by atoms with Gasteiger partial charge in [-0.15, -0.1) is 0 Å². The highest BCUT2D eigenvalue weighted by Gasteiger charge is 2.05. The Bertz CT molecular complexity index is 424. The number of hydrogen-bond donors (Lipinski definition) is 1. The summed E-state index contributed by atoms with van der Waals surface area (Å²) in [6.07, 6.45) is 1.57. The molecule has 0 aliphatic carbocycles. The number of benzene rings is 1. The number of nitrogens with one attached hydrogen (secondary N) is 1. The maximum atomic E-state index is 11.2. The second-order valence-electron chi connectivity index (χ2n) is 3.16. The standard InChI is InChI=1S/C12H12N2O/c1-9-3-5-10(6-4-9)7-11(8-13)12(15)14-2/h3-7H,1-2H3,(H,14,15)/b11-7-. The molecule has 0 bridgehead atoms. The van der Waals surface area contributed by atoms with Gasteiger partial charge in [0.15, 0.2) is 0 Å². The van der Waals surface area contributed by atoms with E-state index in [2.05, 4.69) is 5.32 Å². The molecule has 1 aromatic carbocycles. The molecule has 15 heavy (non-hydrogen) atoms. The van der Waals surface area contributed by atoms with Gasteiger partial charge in [-0.3, -0.25) is 4.79 Å². The van der Waals surface area contributed by atoms with Crippen LogP contribution in [-0.2, 0) is 4.79 Å². The average molecular weight is 200 g/mol. The minimum Gasteiger partial charge on any atom is -0.354 e. The van der Waals surface area contributed by atoms with Crippen molar-refractivity contribution in [2.75, 3.05) is 7.05 Å². The number of aryl methyl sites for hydroxylation is 1. The van der Waals surface area contributed by atoms with E-state index in [0.29, 0.717) is 0 Å². The van der Waals surface area contributed by atoms with E-state index in [9.17, 15) is 4.79 Å². The van der Waals surface area contributed by atoms with Gasteiger partial charge in [0.1, 0.15) is 11.6 Å². The van der Waals surface area contributed by atoms with Crippen LogP contribution in [0.25, 0.3) is 6.08 Å². The first-order valence-electron chi connectivity index (χ1n) is 4.58. The third kappa shape index (κ3) is 2.96. The van der Waals surface area contributed by atoms with Gasteiger partial charge < -0.3 is 5.32 Å². The number of nitrogens with zero attached hydrogens (tertiary/aromatic N) is 1. The zero-order valence-electron chi connectivity index (χ0n) is 8.74. The van der Waals surface area contributed by atoms with Crippen LogP contribution in [0.1, 0.15) is 11.1 Å². The number of nitriles is 1. The first-order valence-corrected chi connectivity index (χ1v) is 4.58. The molecule has 0 saturated heterocycles. The highest BCUT2D eigenvalue weighted by molar-refractivity contribution is 6.01. The lowest BCUT2D eigenvalue weighted by Crippen LogP contribution is -2.19. The number of carbonyl (C=O) groups is 1. The van der Waals surface area contributed by atoms with Gasteiger partial charge in [0.2, 0.25) is 0 Å². The Balaban J connectivity index is 3.00. The monoisotopic (exact) mass is 200 g/mol. The molecule has 0 aliphatic rings. The number of likely N-dealkylation sites (N-methyl/N-ethyl adjacent to an activating group) is 1. The predicted molar refractivity (Wildman–Crippen MR) is 58.8 cm³/mol. The molecule has 0 radical (unpaired) electrons. The Kier molecular flexibility index (Phi) is 3.64. The highest BCUT2D eigenvalue weighted by Crippen LogP contribution is 2.08. The topological polar surface area (TPSA) is 52.9 Å². The van der Waals surface area contributed by atoms with Crippen molar-refractivity contribution in [1.82, 2.24) is 5.32 Å². The van der Waals surface area contributed by atoms with Crippen molar-refractivity contribution in [1.29, 1.82) is 5.26 Å². The Hall–Kier alpha value is -2.08. The molecule has 1 N–H and O–H groups in total. The molecule has 0 fully saturated rings. The molecule has 0 heterocycles. The second kappa shape index (κ2) is 4.97. The lowest BCUT2D eigenvalue weighted by atomic mass is 10.1. The zero-order valence-corrected chi connectivity index (χ0v) is 8.74. The molecule has 76 valence electrons. The molecular weight excluding hydrogens is 188 g/mol. The molecule has 1 aromatic rings. The predicted octanol–water partition coefficient (Wildman–Crippen LogP) is 1.65. The Labute approximate surface area is 89.0 Å². The molecule has 0 aliphatic heterocycles. The van der Waals surface area contributed by atoms with E-state index in [4.69, 9.17) is 5.26 Å². The molecule has 1 amide bonds. The fraction of sp³-hybridized carbons (Fsp3) is 0.167. The minimum atomic E-state index is -0.363. The molecule has 3 nitrogen and oxygen atoms in total. The lowest BCUT2D eigenvalue weighted by Gasteiger charge is -1.98. The van der Waals surface area contributed by atoms with E-state index in [-0.39, 0.29) is 11.5 Å². The number of hydrogen-bond acceptors (Lipinski definition) is 2. The number of rotatable bonds is 2. The first-order chi connectivity index (χ1) is 7.17. The van der Waals surface area contributed by atoms with Crippen molar-refractivity contribution in [3.05, 3.63) is 41.0 Å². The summed E-state index contributed by atoms with van der Waals surface area (Å²) in [5.41, 5.74) is 2.10. The zero-order chi connectivity index (χ0) is 11.3. The van der Waals surface area contributed by atoms with Crippen LogP contribution in [0.5, 0.6) is 0 Å². The normalized spacial score (nSPS) is 10.6. The van der Waals surface area contributed by atoms with Gasteiger partial charge in [0, 0.05) is 7.05 Å². The second-order valence-corrected chi connectivity index (χ2v) is 3.16. The third-order valence-electron chi connectivity index (χ3n) is 1.98. The van der Waals surface area contributed by atoms with Crippen LogP contribution in [0.15, 0.2) is 29.8 Å². The Morgan fingerprint density at radius 3 is 2.47 bits per heavy atom. The van der Waals surface area contributed by atoms with E-state index < -0.39 is 0 Å².